The highest BCUT2D eigenvalue weighted by Gasteiger charge is 2.22. The van der Waals surface area contributed by atoms with E-state index in [-0.39, 0.29) is 10.9 Å². The van der Waals surface area contributed by atoms with Gasteiger partial charge in [-0.1, -0.05) is 23.8 Å². The fourth-order valence-electron chi connectivity index (χ4n) is 3.08. The first kappa shape index (κ1) is 19.8. The molecule has 1 N–H and O–H groups in total. The molecule has 30 heavy (non-hydrogen) atoms. The van der Waals surface area contributed by atoms with Gasteiger partial charge in [0.25, 0.3) is 5.91 Å². The molecule has 0 atom stereocenters. The smallest absolute Gasteiger partial charge is 0.272 e. The van der Waals surface area contributed by atoms with Gasteiger partial charge in [-0.15, -0.1) is 0 Å². The monoisotopic (exact) mass is 424 g/mol. The molecule has 1 aromatic carbocycles. The predicted octanol–water partition coefficient (Wildman–Crippen LogP) is 2.67. The number of sulfone groups is 1. The minimum atomic E-state index is -3.58. The molecule has 0 aliphatic rings. The van der Waals surface area contributed by atoms with Gasteiger partial charge in [0.1, 0.15) is 6.26 Å². The number of oxazole rings is 1. The number of pyridine rings is 1. The highest BCUT2D eigenvalue weighted by atomic mass is 32.2. The van der Waals surface area contributed by atoms with Crippen LogP contribution in [-0.4, -0.2) is 41.5 Å². The molecule has 0 spiro atoms. The van der Waals surface area contributed by atoms with Crippen LogP contribution in [0.5, 0.6) is 0 Å². The molecule has 154 valence electrons. The minimum Gasteiger partial charge on any atom is -0.444 e. The van der Waals surface area contributed by atoms with Gasteiger partial charge in [0, 0.05) is 31.0 Å². The number of imidazole rings is 1. The Morgan fingerprint density at radius 1 is 1.13 bits per heavy atom. The summed E-state index contributed by atoms with van der Waals surface area (Å²) < 4.78 is 30.9. The van der Waals surface area contributed by atoms with Gasteiger partial charge in [-0.2, -0.15) is 0 Å². The van der Waals surface area contributed by atoms with Crippen molar-refractivity contribution in [3.05, 3.63) is 71.9 Å². The number of aromatic nitrogens is 3. The quantitative estimate of drug-likeness (QED) is 0.510. The van der Waals surface area contributed by atoms with Crippen LogP contribution in [0, 0.1) is 6.92 Å². The van der Waals surface area contributed by atoms with Crippen LogP contribution in [0.2, 0.25) is 0 Å². The zero-order valence-corrected chi connectivity index (χ0v) is 17.3. The van der Waals surface area contributed by atoms with Gasteiger partial charge < -0.3 is 9.73 Å². The summed E-state index contributed by atoms with van der Waals surface area (Å²) in [6, 6.07) is 12.9. The zero-order valence-electron chi connectivity index (χ0n) is 16.5. The average molecular weight is 424 g/mol. The van der Waals surface area contributed by atoms with Crippen molar-refractivity contribution >= 4 is 21.3 Å². The van der Waals surface area contributed by atoms with E-state index < -0.39 is 15.7 Å². The molecule has 0 radical (unpaired) electrons. The van der Waals surface area contributed by atoms with Crippen molar-refractivity contribution in [2.75, 3.05) is 12.8 Å². The van der Waals surface area contributed by atoms with Gasteiger partial charge in [0.2, 0.25) is 20.9 Å². The summed E-state index contributed by atoms with van der Waals surface area (Å²) in [6.45, 7) is 2.31. The molecular weight excluding hydrogens is 404 g/mol. The standard InChI is InChI=1S/C21H20N4O4S/c1-14-6-8-15(9-7-14)20-23-16(13-29-20)10-11-22-19(26)18-17-5-3-4-12-25(17)21(24-18)30(2,27)28/h3-9,12-13H,10-11H2,1-2H3,(H,22,26). The van der Waals surface area contributed by atoms with Gasteiger partial charge >= 0.3 is 0 Å². The van der Waals surface area contributed by atoms with Crippen LogP contribution in [0.1, 0.15) is 21.7 Å². The number of carbonyl (C=O) groups is 1. The van der Waals surface area contributed by atoms with Crippen LogP contribution in [-0.2, 0) is 16.3 Å². The van der Waals surface area contributed by atoms with Gasteiger partial charge in [0.15, 0.2) is 5.69 Å². The van der Waals surface area contributed by atoms with Crippen molar-refractivity contribution in [3.8, 4) is 11.5 Å². The Balaban J connectivity index is 1.45. The summed E-state index contributed by atoms with van der Waals surface area (Å²) >= 11 is 0. The maximum atomic E-state index is 12.6. The summed E-state index contributed by atoms with van der Waals surface area (Å²) in [6.07, 6.45) is 4.66. The van der Waals surface area contributed by atoms with Crippen molar-refractivity contribution in [1.29, 1.82) is 0 Å². The molecule has 0 saturated carbocycles. The number of nitrogens with one attached hydrogen (secondary N) is 1. The fourth-order valence-corrected chi connectivity index (χ4v) is 3.85. The lowest BCUT2D eigenvalue weighted by Crippen LogP contribution is -2.26. The first-order chi connectivity index (χ1) is 14.3. The van der Waals surface area contributed by atoms with Crippen LogP contribution < -0.4 is 5.32 Å². The van der Waals surface area contributed by atoms with Crippen LogP contribution in [0.3, 0.4) is 0 Å². The topological polar surface area (TPSA) is 107 Å². The predicted molar refractivity (Wildman–Crippen MR) is 111 cm³/mol. The number of hydrogen-bond donors (Lipinski definition) is 1. The molecular formula is C21H20N4O4S. The number of amides is 1. The molecule has 0 saturated heterocycles. The second kappa shape index (κ2) is 7.75. The van der Waals surface area contributed by atoms with Crippen LogP contribution in [0.15, 0.2) is 64.5 Å². The van der Waals surface area contributed by atoms with E-state index >= 15 is 0 Å². The van der Waals surface area contributed by atoms with E-state index in [1.54, 1.807) is 30.7 Å². The third kappa shape index (κ3) is 3.97. The maximum absolute atomic E-state index is 12.6. The molecule has 3 aromatic heterocycles. The van der Waals surface area contributed by atoms with Crippen LogP contribution >= 0.6 is 0 Å². The number of rotatable bonds is 6. The fraction of sp³-hybridized carbons (Fsp3) is 0.190. The van der Waals surface area contributed by atoms with E-state index in [1.807, 2.05) is 31.2 Å². The van der Waals surface area contributed by atoms with Gasteiger partial charge in [-0.3, -0.25) is 9.20 Å². The van der Waals surface area contributed by atoms with Crippen molar-refractivity contribution < 1.29 is 17.6 Å². The van der Waals surface area contributed by atoms with E-state index in [1.165, 1.54) is 4.40 Å². The summed E-state index contributed by atoms with van der Waals surface area (Å²) in [7, 11) is -3.58. The largest absolute Gasteiger partial charge is 0.444 e. The summed E-state index contributed by atoms with van der Waals surface area (Å²) in [5.74, 6) is 0.0741. The molecule has 3 heterocycles. The third-order valence-electron chi connectivity index (χ3n) is 4.58. The van der Waals surface area contributed by atoms with Gasteiger partial charge in [-0.25, -0.2) is 18.4 Å². The number of aryl methyl sites for hydroxylation is 1. The number of benzene rings is 1. The van der Waals surface area contributed by atoms with Crippen molar-refractivity contribution in [2.45, 2.75) is 18.5 Å². The zero-order chi connectivity index (χ0) is 21.3. The number of fused-ring (bicyclic) bond motifs is 1. The molecule has 4 rings (SSSR count). The molecule has 0 aliphatic heterocycles. The van der Waals surface area contributed by atoms with Crippen LogP contribution in [0.4, 0.5) is 0 Å². The number of carbonyl (C=O) groups excluding carboxylic acids is 1. The van der Waals surface area contributed by atoms with Gasteiger partial charge in [-0.05, 0) is 31.2 Å². The molecule has 1 amide bonds. The van der Waals surface area contributed by atoms with Crippen molar-refractivity contribution in [2.24, 2.45) is 0 Å². The Labute approximate surface area is 173 Å². The summed E-state index contributed by atoms with van der Waals surface area (Å²) in [5.41, 5.74) is 3.24. The molecule has 0 bridgehead atoms. The lowest BCUT2D eigenvalue weighted by atomic mass is 10.1. The summed E-state index contributed by atoms with van der Waals surface area (Å²) in [5, 5.41) is 2.61. The molecule has 0 aliphatic carbocycles. The van der Waals surface area contributed by atoms with E-state index in [0.29, 0.717) is 30.1 Å². The van der Waals surface area contributed by atoms with Crippen molar-refractivity contribution in [1.82, 2.24) is 19.7 Å². The first-order valence-corrected chi connectivity index (χ1v) is 11.2. The highest BCUT2D eigenvalue weighted by molar-refractivity contribution is 7.90. The first-order valence-electron chi connectivity index (χ1n) is 9.30. The Morgan fingerprint density at radius 2 is 1.90 bits per heavy atom. The Morgan fingerprint density at radius 3 is 2.63 bits per heavy atom. The SMILES string of the molecule is Cc1ccc(-c2nc(CCNC(=O)c3nc(S(C)(=O)=O)n4ccccc34)co2)cc1. The van der Waals surface area contributed by atoms with Crippen molar-refractivity contribution in [3.63, 3.8) is 0 Å². The molecule has 0 unspecified atom stereocenters. The Hall–Kier alpha value is -3.46. The van der Waals surface area contributed by atoms with E-state index in [2.05, 4.69) is 15.3 Å². The van der Waals surface area contributed by atoms with Gasteiger partial charge in [0.05, 0.1) is 11.2 Å². The Kier molecular flexibility index (Phi) is 5.13. The lowest BCUT2D eigenvalue weighted by molar-refractivity contribution is 0.0951. The number of hydrogen-bond acceptors (Lipinski definition) is 6. The minimum absolute atomic E-state index is 0.0662. The highest BCUT2D eigenvalue weighted by Crippen LogP contribution is 2.19. The molecule has 9 heteroatoms. The van der Waals surface area contributed by atoms with E-state index in [9.17, 15) is 13.2 Å². The summed E-state index contributed by atoms with van der Waals surface area (Å²) in [4.78, 5) is 21.1. The normalized spacial score (nSPS) is 11.7. The maximum Gasteiger partial charge on any atom is 0.272 e. The average Bonchev–Trinajstić information content (AvgIpc) is 3.33. The molecule has 8 nitrogen and oxygen atoms in total. The lowest BCUT2D eigenvalue weighted by Gasteiger charge is -2.02. The third-order valence-corrected chi connectivity index (χ3v) is 5.53. The second-order valence-electron chi connectivity index (χ2n) is 6.99. The number of nitrogens with zero attached hydrogens (tertiary/aromatic N) is 3. The Bertz CT molecular complexity index is 1320. The molecule has 4 aromatic rings. The second-order valence-corrected chi connectivity index (χ2v) is 8.90. The van der Waals surface area contributed by atoms with E-state index in [4.69, 9.17) is 4.42 Å². The van der Waals surface area contributed by atoms with Crippen LogP contribution in [0.25, 0.3) is 17.0 Å². The molecule has 0 fully saturated rings. The van der Waals surface area contributed by atoms with E-state index in [0.717, 1.165) is 17.4 Å².